The molecule has 1 saturated heterocycles. The van der Waals surface area contributed by atoms with E-state index in [1.54, 1.807) is 19.2 Å². The van der Waals surface area contributed by atoms with Gasteiger partial charge in [-0.15, -0.1) is 0 Å². The first kappa shape index (κ1) is 24.3. The molecular weight excluding hydrogens is 435 g/mol. The summed E-state index contributed by atoms with van der Waals surface area (Å²) in [6, 6.07) is 10.6. The number of nitrogens with zero attached hydrogens (tertiary/aromatic N) is 1. The minimum absolute atomic E-state index is 0.0562. The van der Waals surface area contributed by atoms with Crippen molar-refractivity contribution in [3.05, 3.63) is 52.8 Å². The average molecular weight is 465 g/mol. The zero-order valence-corrected chi connectivity index (χ0v) is 19.2. The Kier molecular flexibility index (Phi) is 8.73. The molecule has 0 spiro atoms. The third-order valence-corrected chi connectivity index (χ3v) is 6.00. The quantitative estimate of drug-likeness (QED) is 0.488. The van der Waals surface area contributed by atoms with Crippen LogP contribution in [0.3, 0.4) is 0 Å². The van der Waals surface area contributed by atoms with Crippen molar-refractivity contribution >= 4 is 34.6 Å². The Morgan fingerprint density at radius 1 is 1.28 bits per heavy atom. The number of anilines is 3. The maximum Gasteiger partial charge on any atom is 0.304 e. The van der Waals surface area contributed by atoms with Crippen LogP contribution in [0.4, 0.5) is 21.5 Å². The van der Waals surface area contributed by atoms with Crippen molar-refractivity contribution < 1.29 is 23.8 Å². The van der Waals surface area contributed by atoms with Crippen LogP contribution in [0.1, 0.15) is 37.7 Å². The summed E-state index contributed by atoms with van der Waals surface area (Å²) in [5.41, 5.74) is 2.77. The molecule has 32 heavy (non-hydrogen) atoms. The van der Waals surface area contributed by atoms with E-state index in [9.17, 15) is 14.3 Å². The second-order valence-corrected chi connectivity index (χ2v) is 8.34. The van der Waals surface area contributed by atoms with Gasteiger partial charge < -0.3 is 24.8 Å². The van der Waals surface area contributed by atoms with Crippen LogP contribution in [-0.4, -0.2) is 50.6 Å². The Bertz CT molecular complexity index is 921. The summed E-state index contributed by atoms with van der Waals surface area (Å²) in [6.07, 6.45) is 1.77. The summed E-state index contributed by atoms with van der Waals surface area (Å²) >= 11 is 5.92. The summed E-state index contributed by atoms with van der Waals surface area (Å²) in [5.74, 6) is -1.67. The SMILES string of the molecule is CCN(c1ccc(C(COC)CC(=O)O)cc1Nc1ccc(Cl)cc1F)C1CCOCC1. The summed E-state index contributed by atoms with van der Waals surface area (Å²) in [7, 11) is 1.55. The number of hydrogen-bond donors (Lipinski definition) is 2. The summed E-state index contributed by atoms with van der Waals surface area (Å²) < 4.78 is 25.4. The topological polar surface area (TPSA) is 71.0 Å². The van der Waals surface area contributed by atoms with Gasteiger partial charge in [0.15, 0.2) is 0 Å². The van der Waals surface area contributed by atoms with Gasteiger partial charge in [-0.3, -0.25) is 4.79 Å². The molecule has 1 fully saturated rings. The van der Waals surface area contributed by atoms with Gasteiger partial charge in [-0.25, -0.2) is 4.39 Å². The highest BCUT2D eigenvalue weighted by Crippen LogP contribution is 2.36. The molecule has 3 rings (SSSR count). The summed E-state index contributed by atoms with van der Waals surface area (Å²) in [5, 5.41) is 12.9. The smallest absolute Gasteiger partial charge is 0.304 e. The normalized spacial score (nSPS) is 15.4. The predicted octanol–water partition coefficient (Wildman–Crippen LogP) is 5.43. The average Bonchev–Trinajstić information content (AvgIpc) is 2.77. The molecule has 0 bridgehead atoms. The van der Waals surface area contributed by atoms with E-state index in [2.05, 4.69) is 17.1 Å². The molecule has 1 aliphatic heterocycles. The van der Waals surface area contributed by atoms with Gasteiger partial charge in [-0.2, -0.15) is 0 Å². The van der Waals surface area contributed by atoms with Gasteiger partial charge in [-0.1, -0.05) is 17.7 Å². The van der Waals surface area contributed by atoms with E-state index in [4.69, 9.17) is 21.1 Å². The maximum absolute atomic E-state index is 14.6. The Labute approximate surface area is 193 Å². The Morgan fingerprint density at radius 2 is 2.03 bits per heavy atom. The standard InChI is InChI=1S/C24H30ClFN2O4/c1-3-28(19-8-10-32-11-9-19)23-7-4-16(17(15-31-2)13-24(29)30)12-22(23)27-21-6-5-18(25)14-20(21)26/h4-7,12,14,17,19,27H,3,8-11,13,15H2,1-2H3,(H,29,30). The van der Waals surface area contributed by atoms with Gasteiger partial charge in [0, 0.05) is 43.9 Å². The number of benzene rings is 2. The van der Waals surface area contributed by atoms with Crippen molar-refractivity contribution in [3.8, 4) is 0 Å². The van der Waals surface area contributed by atoms with Crippen molar-refractivity contribution in [3.63, 3.8) is 0 Å². The van der Waals surface area contributed by atoms with Crippen molar-refractivity contribution in [2.24, 2.45) is 0 Å². The van der Waals surface area contributed by atoms with Gasteiger partial charge in [-0.05, 0) is 55.7 Å². The third kappa shape index (κ3) is 6.12. The van der Waals surface area contributed by atoms with Crippen LogP contribution in [0.2, 0.25) is 5.02 Å². The lowest BCUT2D eigenvalue weighted by molar-refractivity contribution is -0.137. The van der Waals surface area contributed by atoms with Gasteiger partial charge in [0.2, 0.25) is 0 Å². The van der Waals surface area contributed by atoms with Crippen LogP contribution in [0, 0.1) is 5.82 Å². The van der Waals surface area contributed by atoms with Crippen LogP contribution in [-0.2, 0) is 14.3 Å². The minimum Gasteiger partial charge on any atom is -0.481 e. The van der Waals surface area contributed by atoms with Crippen molar-refractivity contribution in [1.29, 1.82) is 0 Å². The lowest BCUT2D eigenvalue weighted by Gasteiger charge is -2.37. The molecule has 0 aliphatic carbocycles. The molecule has 8 heteroatoms. The molecule has 6 nitrogen and oxygen atoms in total. The fraction of sp³-hybridized carbons (Fsp3) is 0.458. The maximum atomic E-state index is 14.6. The number of carbonyl (C=O) groups is 1. The fourth-order valence-corrected chi connectivity index (χ4v) is 4.36. The van der Waals surface area contributed by atoms with Gasteiger partial charge in [0.25, 0.3) is 0 Å². The molecule has 2 N–H and O–H groups in total. The molecule has 0 saturated carbocycles. The van der Waals surface area contributed by atoms with Crippen LogP contribution >= 0.6 is 11.6 Å². The van der Waals surface area contributed by atoms with E-state index >= 15 is 0 Å². The molecule has 1 unspecified atom stereocenters. The summed E-state index contributed by atoms with van der Waals surface area (Å²) in [4.78, 5) is 13.7. The van der Waals surface area contributed by atoms with E-state index in [-0.39, 0.29) is 18.9 Å². The van der Waals surface area contributed by atoms with E-state index in [0.717, 1.165) is 30.6 Å². The number of aliphatic carboxylic acids is 1. The van der Waals surface area contributed by atoms with Gasteiger partial charge in [0.1, 0.15) is 5.82 Å². The van der Waals surface area contributed by atoms with Crippen LogP contribution < -0.4 is 10.2 Å². The van der Waals surface area contributed by atoms with Crippen LogP contribution in [0.15, 0.2) is 36.4 Å². The lowest BCUT2D eigenvalue weighted by Crippen LogP contribution is -2.39. The molecule has 2 aromatic rings. The fourth-order valence-electron chi connectivity index (χ4n) is 4.20. The molecular formula is C24H30ClFN2O4. The first-order valence-corrected chi connectivity index (χ1v) is 11.2. The molecule has 174 valence electrons. The molecule has 2 aromatic carbocycles. The first-order chi connectivity index (χ1) is 15.4. The van der Waals surface area contributed by atoms with Crippen LogP contribution in [0.25, 0.3) is 0 Å². The number of carboxylic acid groups (broad SMARTS) is 1. The van der Waals surface area contributed by atoms with Gasteiger partial charge >= 0.3 is 5.97 Å². The van der Waals surface area contributed by atoms with Crippen molar-refractivity contribution in [2.75, 3.05) is 43.7 Å². The zero-order valence-electron chi connectivity index (χ0n) is 18.4. The van der Waals surface area contributed by atoms with E-state index in [0.29, 0.717) is 35.7 Å². The highest BCUT2D eigenvalue weighted by Gasteiger charge is 2.24. The highest BCUT2D eigenvalue weighted by atomic mass is 35.5. The Morgan fingerprint density at radius 3 is 2.66 bits per heavy atom. The van der Waals surface area contributed by atoms with E-state index < -0.39 is 11.8 Å². The van der Waals surface area contributed by atoms with Crippen molar-refractivity contribution in [1.82, 2.24) is 0 Å². The largest absolute Gasteiger partial charge is 0.481 e. The van der Waals surface area contributed by atoms with E-state index in [1.165, 1.54) is 6.07 Å². The predicted molar refractivity (Wildman–Crippen MR) is 125 cm³/mol. The zero-order chi connectivity index (χ0) is 23.1. The first-order valence-electron chi connectivity index (χ1n) is 10.8. The molecule has 1 aliphatic rings. The Balaban J connectivity index is 2.03. The number of carboxylic acids is 1. The molecule has 0 radical (unpaired) electrons. The van der Waals surface area contributed by atoms with Crippen LogP contribution in [0.5, 0.6) is 0 Å². The highest BCUT2D eigenvalue weighted by molar-refractivity contribution is 6.30. The Hall–Kier alpha value is -2.35. The second-order valence-electron chi connectivity index (χ2n) is 7.91. The number of hydrogen-bond acceptors (Lipinski definition) is 5. The monoisotopic (exact) mass is 464 g/mol. The number of methoxy groups -OCH3 is 1. The number of halogens is 2. The molecule has 1 heterocycles. The third-order valence-electron chi connectivity index (χ3n) is 5.76. The van der Waals surface area contributed by atoms with Gasteiger partial charge in [0.05, 0.1) is 30.1 Å². The van der Waals surface area contributed by atoms with Crippen molar-refractivity contribution in [2.45, 2.75) is 38.1 Å². The lowest BCUT2D eigenvalue weighted by atomic mass is 9.94. The van der Waals surface area contributed by atoms with E-state index in [1.807, 2.05) is 18.2 Å². The minimum atomic E-state index is -0.897. The number of ether oxygens (including phenoxy) is 2. The number of nitrogens with one attached hydrogen (secondary N) is 1. The molecule has 1 atom stereocenters. The molecule has 0 amide bonds. The summed E-state index contributed by atoms with van der Waals surface area (Å²) in [6.45, 7) is 4.56. The molecule has 0 aromatic heterocycles. The number of rotatable bonds is 10. The second kappa shape index (κ2) is 11.5.